The Hall–Kier alpha value is -3.91. The van der Waals surface area contributed by atoms with E-state index in [0.29, 0.717) is 0 Å². The molecule has 1 aliphatic heterocycles. The van der Waals surface area contributed by atoms with E-state index in [1.54, 1.807) is 0 Å². The van der Waals surface area contributed by atoms with Crippen LogP contribution < -0.4 is 9.80 Å². The first kappa shape index (κ1) is 21.6. The van der Waals surface area contributed by atoms with Crippen LogP contribution in [0.1, 0.15) is 11.1 Å². The second-order valence-corrected chi connectivity index (χ2v) is 9.29. The van der Waals surface area contributed by atoms with Crippen LogP contribution in [0.4, 0.5) is 11.6 Å². The summed E-state index contributed by atoms with van der Waals surface area (Å²) in [6.45, 7) is 3.51. The third-order valence-corrected chi connectivity index (χ3v) is 6.70. The first-order chi connectivity index (χ1) is 17.1. The van der Waals surface area contributed by atoms with E-state index in [2.05, 4.69) is 48.3 Å². The van der Waals surface area contributed by atoms with E-state index in [-0.39, 0.29) is 0 Å². The second kappa shape index (κ2) is 9.03. The molecule has 0 N–H and O–H groups in total. The number of benzene rings is 1. The zero-order chi connectivity index (χ0) is 23.8. The molecule has 0 aliphatic carbocycles. The van der Waals surface area contributed by atoms with Crippen molar-refractivity contribution in [2.24, 2.45) is 7.05 Å². The molecule has 176 valence electrons. The number of aryl methyl sites for hydroxylation is 1. The van der Waals surface area contributed by atoms with Crippen LogP contribution in [0.5, 0.6) is 0 Å². The van der Waals surface area contributed by atoms with Gasteiger partial charge in [-0.1, -0.05) is 29.8 Å². The van der Waals surface area contributed by atoms with E-state index in [9.17, 15) is 0 Å². The van der Waals surface area contributed by atoms with Crippen LogP contribution in [0, 0.1) is 0 Å². The second-order valence-electron chi connectivity index (χ2n) is 8.85. The van der Waals surface area contributed by atoms with Crippen LogP contribution in [-0.2, 0) is 13.5 Å². The molecule has 4 aromatic heterocycles. The fraction of sp³-hybridized carbons (Fsp3) is 0.231. The maximum Gasteiger partial charge on any atom is 0.225 e. The van der Waals surface area contributed by atoms with Crippen LogP contribution in [0.2, 0.25) is 5.02 Å². The van der Waals surface area contributed by atoms with Crippen LogP contribution >= 0.6 is 11.6 Å². The Labute approximate surface area is 208 Å². The van der Waals surface area contributed by atoms with Gasteiger partial charge in [0.1, 0.15) is 0 Å². The van der Waals surface area contributed by atoms with E-state index in [1.807, 2.05) is 71.5 Å². The first-order valence-corrected chi connectivity index (χ1v) is 12.0. The van der Waals surface area contributed by atoms with Crippen LogP contribution in [-0.4, -0.2) is 55.5 Å². The molecule has 0 amide bonds. The molecule has 5 aromatic rings. The van der Waals surface area contributed by atoms with Gasteiger partial charge in [0.2, 0.25) is 5.95 Å². The van der Waals surface area contributed by atoms with Gasteiger partial charge in [-0.05, 0) is 29.3 Å². The molecule has 1 saturated heterocycles. The Morgan fingerprint density at radius 2 is 1.49 bits per heavy atom. The van der Waals surface area contributed by atoms with E-state index in [4.69, 9.17) is 11.6 Å². The summed E-state index contributed by atoms with van der Waals surface area (Å²) in [4.78, 5) is 13.9. The molecule has 1 aliphatic rings. The lowest BCUT2D eigenvalue weighted by molar-refractivity contribution is 0.641. The summed E-state index contributed by atoms with van der Waals surface area (Å²) >= 11 is 5.98. The summed E-state index contributed by atoms with van der Waals surface area (Å²) in [7, 11) is 1.93. The highest BCUT2D eigenvalue weighted by molar-refractivity contribution is 6.30. The number of halogens is 1. The number of nitrogens with zero attached hydrogens (tertiary/aromatic N) is 8. The summed E-state index contributed by atoms with van der Waals surface area (Å²) in [5.74, 6) is 0.783. The number of anilines is 2. The number of rotatable bonds is 5. The summed E-state index contributed by atoms with van der Waals surface area (Å²) in [6, 6.07) is 12.2. The highest BCUT2D eigenvalue weighted by atomic mass is 35.5. The minimum Gasteiger partial charge on any atom is -0.365 e. The standard InChI is InChI=1S/C26H25ClN8/c1-32-17-22(15-30-32)21-4-7-24-25(16-31-35(24)18-21)33-8-10-34(11-9-33)26-28-13-20(14-29-26)12-19-2-5-23(27)6-3-19/h2-7,13-18H,8-12H2,1H3. The highest BCUT2D eigenvalue weighted by Crippen LogP contribution is 2.27. The van der Waals surface area contributed by atoms with Crippen LogP contribution in [0.25, 0.3) is 16.6 Å². The van der Waals surface area contributed by atoms with Gasteiger partial charge >= 0.3 is 0 Å². The monoisotopic (exact) mass is 484 g/mol. The molecular formula is C26H25ClN8. The molecule has 0 bridgehead atoms. The highest BCUT2D eigenvalue weighted by Gasteiger charge is 2.21. The molecule has 35 heavy (non-hydrogen) atoms. The molecular weight excluding hydrogens is 460 g/mol. The minimum atomic E-state index is 0.748. The average molecular weight is 485 g/mol. The Kier molecular flexibility index (Phi) is 5.58. The lowest BCUT2D eigenvalue weighted by atomic mass is 10.1. The summed E-state index contributed by atoms with van der Waals surface area (Å²) in [5.41, 5.74) is 6.73. The Morgan fingerprint density at radius 3 is 2.20 bits per heavy atom. The zero-order valence-corrected chi connectivity index (χ0v) is 20.2. The van der Waals surface area contributed by atoms with Gasteiger partial charge in [-0.25, -0.2) is 14.5 Å². The maximum atomic E-state index is 5.98. The number of piperazine rings is 1. The van der Waals surface area contributed by atoms with E-state index >= 15 is 0 Å². The molecule has 0 spiro atoms. The van der Waals surface area contributed by atoms with Crippen molar-refractivity contribution in [1.29, 1.82) is 0 Å². The van der Waals surface area contributed by atoms with Crippen molar-refractivity contribution in [3.8, 4) is 11.1 Å². The molecule has 0 atom stereocenters. The van der Waals surface area contributed by atoms with Gasteiger partial charge in [0.25, 0.3) is 0 Å². The molecule has 9 heteroatoms. The van der Waals surface area contributed by atoms with E-state index in [0.717, 1.165) is 71.5 Å². The Balaban J connectivity index is 1.11. The molecule has 8 nitrogen and oxygen atoms in total. The maximum absolute atomic E-state index is 5.98. The number of pyridine rings is 1. The van der Waals surface area contributed by atoms with Crippen LogP contribution in [0.3, 0.4) is 0 Å². The van der Waals surface area contributed by atoms with E-state index in [1.165, 1.54) is 5.56 Å². The Morgan fingerprint density at radius 1 is 0.743 bits per heavy atom. The third-order valence-electron chi connectivity index (χ3n) is 6.45. The molecule has 5 heterocycles. The molecule has 1 aromatic carbocycles. The van der Waals surface area contributed by atoms with Gasteiger partial charge in [-0.3, -0.25) is 4.68 Å². The van der Waals surface area contributed by atoms with Crippen molar-refractivity contribution >= 4 is 28.8 Å². The molecule has 0 radical (unpaired) electrons. The van der Waals surface area contributed by atoms with E-state index < -0.39 is 0 Å². The van der Waals surface area contributed by atoms with Crippen molar-refractivity contribution in [2.75, 3.05) is 36.0 Å². The predicted molar refractivity (Wildman–Crippen MR) is 138 cm³/mol. The third kappa shape index (κ3) is 4.44. The minimum absolute atomic E-state index is 0.748. The van der Waals surface area contributed by atoms with Gasteiger partial charge in [0.05, 0.1) is 23.6 Å². The summed E-state index contributed by atoms with van der Waals surface area (Å²) in [6.07, 6.45) is 12.5. The average Bonchev–Trinajstić information content (AvgIpc) is 3.52. The van der Waals surface area contributed by atoms with Crippen molar-refractivity contribution in [3.05, 3.63) is 89.7 Å². The van der Waals surface area contributed by atoms with Crippen molar-refractivity contribution in [2.45, 2.75) is 6.42 Å². The van der Waals surface area contributed by atoms with Gasteiger partial charge in [-0.15, -0.1) is 0 Å². The predicted octanol–water partition coefficient (Wildman–Crippen LogP) is 4.10. The number of fused-ring (bicyclic) bond motifs is 1. The first-order valence-electron chi connectivity index (χ1n) is 11.6. The van der Waals surface area contributed by atoms with Gasteiger partial charge < -0.3 is 9.80 Å². The fourth-order valence-corrected chi connectivity index (χ4v) is 4.67. The number of hydrogen-bond donors (Lipinski definition) is 0. The van der Waals surface area contributed by atoms with Gasteiger partial charge in [0.15, 0.2) is 0 Å². The largest absolute Gasteiger partial charge is 0.365 e. The fourth-order valence-electron chi connectivity index (χ4n) is 4.54. The molecule has 1 fully saturated rings. The lowest BCUT2D eigenvalue weighted by Gasteiger charge is -2.35. The summed E-state index contributed by atoms with van der Waals surface area (Å²) < 4.78 is 3.76. The molecule has 0 unspecified atom stereocenters. The van der Waals surface area contributed by atoms with Crippen LogP contribution in [0.15, 0.2) is 73.6 Å². The number of aromatic nitrogens is 6. The topological polar surface area (TPSA) is 67.4 Å². The lowest BCUT2D eigenvalue weighted by Crippen LogP contribution is -2.47. The molecule has 0 saturated carbocycles. The molecule has 6 rings (SSSR count). The van der Waals surface area contributed by atoms with Gasteiger partial charge in [0, 0.05) is 80.6 Å². The van der Waals surface area contributed by atoms with Crippen molar-refractivity contribution in [3.63, 3.8) is 0 Å². The Bertz CT molecular complexity index is 1450. The van der Waals surface area contributed by atoms with Gasteiger partial charge in [-0.2, -0.15) is 10.2 Å². The van der Waals surface area contributed by atoms with Crippen molar-refractivity contribution < 1.29 is 0 Å². The zero-order valence-electron chi connectivity index (χ0n) is 19.4. The normalized spacial score (nSPS) is 14.1. The summed E-state index contributed by atoms with van der Waals surface area (Å²) in [5, 5.41) is 9.63. The quantitative estimate of drug-likeness (QED) is 0.374. The van der Waals surface area contributed by atoms with Crippen molar-refractivity contribution in [1.82, 2.24) is 29.4 Å². The number of hydrogen-bond acceptors (Lipinski definition) is 6. The SMILES string of the molecule is Cn1cc(-c2ccc3c(N4CCN(c5ncc(Cc6ccc(Cl)cc6)cn5)CC4)cnn3c2)cn1. The smallest absolute Gasteiger partial charge is 0.225 e.